The van der Waals surface area contributed by atoms with Gasteiger partial charge in [-0.15, -0.1) is 11.8 Å². The number of nitrogens with zero attached hydrogens (tertiary/aromatic N) is 1. The van der Waals surface area contributed by atoms with Crippen LogP contribution in [-0.2, 0) is 5.41 Å². The number of hydrogen-bond acceptors (Lipinski definition) is 3. The van der Waals surface area contributed by atoms with Crippen molar-refractivity contribution in [3.8, 4) is 0 Å². The van der Waals surface area contributed by atoms with Gasteiger partial charge < -0.3 is 5.73 Å². The van der Waals surface area contributed by atoms with Crippen LogP contribution in [0.2, 0.25) is 5.02 Å². The number of aromatic nitrogens is 1. The van der Waals surface area contributed by atoms with Crippen molar-refractivity contribution in [1.29, 1.82) is 0 Å². The number of pyridine rings is 1. The molecule has 0 unspecified atom stereocenters. The minimum Gasteiger partial charge on any atom is -0.330 e. The molecule has 88 valence electrons. The molecule has 0 radical (unpaired) electrons. The predicted molar refractivity (Wildman–Crippen MR) is 70.2 cm³/mol. The van der Waals surface area contributed by atoms with Gasteiger partial charge in [0.15, 0.2) is 0 Å². The number of rotatable bonds is 5. The molecular weight excluding hydrogens is 240 g/mol. The van der Waals surface area contributed by atoms with Crippen LogP contribution in [0.1, 0.15) is 31.9 Å². The summed E-state index contributed by atoms with van der Waals surface area (Å²) in [6.45, 7) is 2.82. The highest BCUT2D eigenvalue weighted by Gasteiger charge is 2.45. The molecule has 0 saturated heterocycles. The van der Waals surface area contributed by atoms with Crippen molar-refractivity contribution in [3.63, 3.8) is 0 Å². The number of halogens is 1. The van der Waals surface area contributed by atoms with Crippen LogP contribution in [0.4, 0.5) is 0 Å². The highest BCUT2D eigenvalue weighted by molar-refractivity contribution is 7.99. The first kappa shape index (κ1) is 12.2. The van der Waals surface area contributed by atoms with Crippen LogP contribution in [0.25, 0.3) is 0 Å². The fourth-order valence-corrected chi connectivity index (χ4v) is 3.00. The molecule has 1 fully saturated rings. The molecule has 0 atom stereocenters. The zero-order valence-corrected chi connectivity index (χ0v) is 11.1. The highest BCUT2D eigenvalue weighted by Crippen LogP contribution is 2.48. The Hall–Kier alpha value is -0.250. The van der Waals surface area contributed by atoms with E-state index in [1.807, 2.05) is 12.3 Å². The minimum absolute atomic E-state index is 0.0883. The van der Waals surface area contributed by atoms with Crippen LogP contribution in [0.15, 0.2) is 17.2 Å². The van der Waals surface area contributed by atoms with Crippen molar-refractivity contribution in [2.45, 2.75) is 36.5 Å². The van der Waals surface area contributed by atoms with E-state index in [-0.39, 0.29) is 5.41 Å². The molecule has 1 aliphatic carbocycles. The molecule has 0 amide bonds. The lowest BCUT2D eigenvalue weighted by molar-refractivity contribution is 0.677. The third-order valence-corrected chi connectivity index (χ3v) is 4.49. The normalized spacial score (nSPS) is 17.4. The van der Waals surface area contributed by atoms with Crippen LogP contribution in [0.5, 0.6) is 0 Å². The van der Waals surface area contributed by atoms with Gasteiger partial charge in [-0.3, -0.25) is 4.98 Å². The van der Waals surface area contributed by atoms with Gasteiger partial charge >= 0.3 is 0 Å². The molecule has 16 heavy (non-hydrogen) atoms. The van der Waals surface area contributed by atoms with Crippen molar-refractivity contribution in [3.05, 3.63) is 23.0 Å². The van der Waals surface area contributed by atoms with E-state index in [0.717, 1.165) is 40.6 Å². The van der Waals surface area contributed by atoms with Gasteiger partial charge in [0.1, 0.15) is 0 Å². The summed E-state index contributed by atoms with van der Waals surface area (Å²) in [7, 11) is 0. The topological polar surface area (TPSA) is 38.9 Å². The lowest BCUT2D eigenvalue weighted by Crippen LogP contribution is -2.21. The SMILES string of the molecule is CCCSc1cnc(C2(CN)CC2)c(Cl)c1. The van der Waals surface area contributed by atoms with E-state index in [9.17, 15) is 0 Å². The predicted octanol–water partition coefficient (Wildman–Crippen LogP) is 3.23. The van der Waals surface area contributed by atoms with Gasteiger partial charge in [0.05, 0.1) is 10.7 Å². The van der Waals surface area contributed by atoms with Gasteiger partial charge in [-0.05, 0) is 31.1 Å². The van der Waals surface area contributed by atoms with E-state index in [2.05, 4.69) is 11.9 Å². The molecular formula is C12H17ClN2S. The van der Waals surface area contributed by atoms with E-state index < -0.39 is 0 Å². The fraction of sp³-hybridized carbons (Fsp3) is 0.583. The second-order valence-electron chi connectivity index (χ2n) is 4.33. The van der Waals surface area contributed by atoms with Gasteiger partial charge in [-0.1, -0.05) is 18.5 Å². The highest BCUT2D eigenvalue weighted by atomic mass is 35.5. The van der Waals surface area contributed by atoms with Crippen LogP contribution in [-0.4, -0.2) is 17.3 Å². The lowest BCUT2D eigenvalue weighted by Gasteiger charge is -2.14. The maximum absolute atomic E-state index is 6.28. The summed E-state index contributed by atoms with van der Waals surface area (Å²) in [6, 6.07) is 2.03. The second kappa shape index (κ2) is 4.94. The summed E-state index contributed by atoms with van der Waals surface area (Å²) in [4.78, 5) is 5.66. The molecule has 1 aliphatic rings. The molecule has 0 bridgehead atoms. The summed E-state index contributed by atoms with van der Waals surface area (Å²) < 4.78 is 0. The fourth-order valence-electron chi connectivity index (χ4n) is 1.80. The van der Waals surface area contributed by atoms with Crippen LogP contribution >= 0.6 is 23.4 Å². The standard InChI is InChI=1S/C12H17ClN2S/c1-2-5-16-9-6-10(13)11(15-7-9)12(8-14)3-4-12/h6-7H,2-5,8,14H2,1H3. The summed E-state index contributed by atoms with van der Waals surface area (Å²) in [5, 5.41) is 0.782. The smallest absolute Gasteiger partial charge is 0.0664 e. The van der Waals surface area contributed by atoms with Crippen molar-refractivity contribution in [2.24, 2.45) is 5.73 Å². The zero-order valence-electron chi connectivity index (χ0n) is 9.50. The summed E-state index contributed by atoms with van der Waals surface area (Å²) in [6.07, 6.45) is 5.34. The maximum Gasteiger partial charge on any atom is 0.0664 e. The third-order valence-electron chi connectivity index (χ3n) is 3.04. The molecule has 1 saturated carbocycles. The first-order chi connectivity index (χ1) is 7.72. The number of nitrogens with two attached hydrogens (primary N) is 1. The van der Waals surface area contributed by atoms with E-state index >= 15 is 0 Å². The molecule has 1 heterocycles. The molecule has 2 nitrogen and oxygen atoms in total. The van der Waals surface area contributed by atoms with E-state index in [4.69, 9.17) is 17.3 Å². The lowest BCUT2D eigenvalue weighted by atomic mass is 10.0. The van der Waals surface area contributed by atoms with Crippen molar-refractivity contribution >= 4 is 23.4 Å². The van der Waals surface area contributed by atoms with Gasteiger partial charge in [0.25, 0.3) is 0 Å². The van der Waals surface area contributed by atoms with Crippen LogP contribution in [0.3, 0.4) is 0 Å². The molecule has 2 N–H and O–H groups in total. The maximum atomic E-state index is 6.28. The van der Waals surface area contributed by atoms with Gasteiger partial charge in [0.2, 0.25) is 0 Å². The Morgan fingerprint density at radius 3 is 2.81 bits per heavy atom. The number of thioether (sulfide) groups is 1. The van der Waals surface area contributed by atoms with E-state index in [1.165, 1.54) is 0 Å². The molecule has 1 aromatic heterocycles. The Morgan fingerprint density at radius 2 is 2.31 bits per heavy atom. The van der Waals surface area contributed by atoms with Gasteiger partial charge in [0, 0.05) is 23.1 Å². The minimum atomic E-state index is 0.0883. The Kier molecular flexibility index (Phi) is 3.77. The van der Waals surface area contributed by atoms with Gasteiger partial charge in [-0.2, -0.15) is 0 Å². The third kappa shape index (κ3) is 2.36. The van der Waals surface area contributed by atoms with Gasteiger partial charge in [-0.25, -0.2) is 0 Å². The zero-order chi connectivity index (χ0) is 11.6. The molecule has 2 rings (SSSR count). The van der Waals surface area contributed by atoms with Crippen LogP contribution in [0, 0.1) is 0 Å². The molecule has 4 heteroatoms. The Bertz CT molecular complexity index is 377. The first-order valence-electron chi connectivity index (χ1n) is 5.71. The van der Waals surface area contributed by atoms with Crippen molar-refractivity contribution < 1.29 is 0 Å². The summed E-state index contributed by atoms with van der Waals surface area (Å²) >= 11 is 8.08. The number of hydrogen-bond donors (Lipinski definition) is 1. The molecule has 0 aliphatic heterocycles. The molecule has 0 spiro atoms. The Balaban J connectivity index is 2.17. The molecule has 1 aromatic rings. The Morgan fingerprint density at radius 1 is 1.56 bits per heavy atom. The monoisotopic (exact) mass is 256 g/mol. The quantitative estimate of drug-likeness (QED) is 0.823. The van der Waals surface area contributed by atoms with Crippen LogP contribution < -0.4 is 5.73 Å². The van der Waals surface area contributed by atoms with Crippen molar-refractivity contribution in [2.75, 3.05) is 12.3 Å². The average molecular weight is 257 g/mol. The summed E-state index contributed by atoms with van der Waals surface area (Å²) in [5.74, 6) is 1.11. The second-order valence-corrected chi connectivity index (χ2v) is 5.91. The average Bonchev–Trinajstić information content (AvgIpc) is 3.07. The summed E-state index contributed by atoms with van der Waals surface area (Å²) in [5.41, 5.74) is 6.87. The van der Waals surface area contributed by atoms with E-state index in [0.29, 0.717) is 6.54 Å². The van der Waals surface area contributed by atoms with E-state index in [1.54, 1.807) is 11.8 Å². The van der Waals surface area contributed by atoms with Crippen molar-refractivity contribution in [1.82, 2.24) is 4.98 Å². The largest absolute Gasteiger partial charge is 0.330 e. The molecule has 0 aromatic carbocycles. The Labute approximate surface area is 106 Å². The first-order valence-corrected chi connectivity index (χ1v) is 7.07.